The number of aromatic nitrogens is 4. The lowest BCUT2D eigenvalue weighted by molar-refractivity contribution is -0.117. The molecule has 1 aromatic heterocycles. The van der Waals surface area contributed by atoms with Crippen molar-refractivity contribution in [2.45, 2.75) is 101 Å². The van der Waals surface area contributed by atoms with E-state index in [4.69, 9.17) is 4.74 Å². The van der Waals surface area contributed by atoms with Gasteiger partial charge in [-0.2, -0.15) is 0 Å². The van der Waals surface area contributed by atoms with Gasteiger partial charge in [-0.3, -0.25) is 4.79 Å². The average Bonchev–Trinajstić information content (AvgIpc) is 3.40. The SMILES string of the molecule is CCC([C@H]1CC[C@H]2[C@@H]3[C@@H]4O[C@@H]4C4=CC(=O)CC[C@]4(C)[C@H]3CC[C@]12C)n1nnnc1S(=O)(=O)c1ccc(C)cc1. The van der Waals surface area contributed by atoms with Crippen LogP contribution in [0.15, 0.2) is 46.0 Å². The number of fused-ring (bicyclic) bond motifs is 8. The van der Waals surface area contributed by atoms with Crippen molar-refractivity contribution < 1.29 is 17.9 Å². The Morgan fingerprint density at radius 3 is 2.62 bits per heavy atom. The van der Waals surface area contributed by atoms with Gasteiger partial charge in [0.1, 0.15) is 6.10 Å². The second kappa shape index (κ2) is 8.56. The second-order valence-electron chi connectivity index (χ2n) is 13.2. The van der Waals surface area contributed by atoms with Gasteiger partial charge in [0.2, 0.25) is 9.84 Å². The largest absolute Gasteiger partial charge is 0.365 e. The van der Waals surface area contributed by atoms with Gasteiger partial charge in [0.25, 0.3) is 5.16 Å². The summed E-state index contributed by atoms with van der Waals surface area (Å²) in [6.45, 7) is 8.87. The summed E-state index contributed by atoms with van der Waals surface area (Å²) >= 11 is 0. The van der Waals surface area contributed by atoms with Crippen LogP contribution < -0.4 is 0 Å². The first kappa shape index (κ1) is 25.6. The van der Waals surface area contributed by atoms with Crippen LogP contribution in [0.25, 0.3) is 0 Å². The number of aryl methyl sites for hydroxylation is 1. The molecule has 39 heavy (non-hydrogen) atoms. The topological polar surface area (TPSA) is 107 Å². The number of tetrazole rings is 1. The minimum absolute atomic E-state index is 0.0466. The van der Waals surface area contributed by atoms with E-state index in [0.29, 0.717) is 24.2 Å². The van der Waals surface area contributed by atoms with Crippen LogP contribution in [0.5, 0.6) is 0 Å². The fourth-order valence-corrected chi connectivity index (χ4v) is 10.8. The van der Waals surface area contributed by atoms with Gasteiger partial charge in [-0.25, -0.2) is 13.1 Å². The summed E-state index contributed by atoms with van der Waals surface area (Å²) in [5.74, 6) is 2.05. The molecule has 0 radical (unpaired) electrons. The summed E-state index contributed by atoms with van der Waals surface area (Å²) in [6.07, 6.45) is 8.92. The zero-order chi connectivity index (χ0) is 27.3. The quantitative estimate of drug-likeness (QED) is 0.487. The van der Waals surface area contributed by atoms with Crippen LogP contribution in [-0.2, 0) is 19.4 Å². The molecule has 1 aromatic carbocycles. The maximum absolute atomic E-state index is 13.6. The van der Waals surface area contributed by atoms with Crippen LogP contribution in [0, 0.1) is 41.4 Å². The van der Waals surface area contributed by atoms with E-state index >= 15 is 0 Å². The normalized spacial score (nSPS) is 39.7. The second-order valence-corrected chi connectivity index (χ2v) is 15.1. The summed E-state index contributed by atoms with van der Waals surface area (Å²) in [5, 5.41) is 12.2. The molecule has 7 rings (SSSR count). The zero-order valence-electron chi connectivity index (χ0n) is 23.2. The third kappa shape index (κ3) is 3.54. The molecule has 4 aliphatic carbocycles. The molecule has 3 saturated carbocycles. The summed E-state index contributed by atoms with van der Waals surface area (Å²) in [7, 11) is -3.85. The highest BCUT2D eigenvalue weighted by molar-refractivity contribution is 7.91. The smallest absolute Gasteiger partial charge is 0.272 e. The van der Waals surface area contributed by atoms with Gasteiger partial charge in [-0.05, 0) is 114 Å². The highest BCUT2D eigenvalue weighted by Crippen LogP contribution is 2.71. The molecule has 4 fully saturated rings. The molecule has 1 aliphatic heterocycles. The number of ether oxygens (including phenoxy) is 1. The predicted octanol–water partition coefficient (Wildman–Crippen LogP) is 4.90. The van der Waals surface area contributed by atoms with Crippen molar-refractivity contribution in [2.75, 3.05) is 0 Å². The van der Waals surface area contributed by atoms with Crippen LogP contribution in [0.3, 0.4) is 0 Å². The molecule has 2 aromatic rings. The van der Waals surface area contributed by atoms with Gasteiger partial charge in [0, 0.05) is 6.42 Å². The van der Waals surface area contributed by atoms with Gasteiger partial charge in [0.15, 0.2) is 5.78 Å². The van der Waals surface area contributed by atoms with E-state index in [-0.39, 0.29) is 50.8 Å². The van der Waals surface area contributed by atoms with Crippen molar-refractivity contribution in [3.05, 3.63) is 41.5 Å². The van der Waals surface area contributed by atoms with Crippen molar-refractivity contribution >= 4 is 15.6 Å². The molecule has 208 valence electrons. The molecule has 1 unspecified atom stereocenters. The number of epoxide rings is 1. The van der Waals surface area contributed by atoms with E-state index in [1.54, 1.807) is 28.9 Å². The standard InChI is InChI=1S/C30H38N4O4S/c1-5-24(34-28(31-32-33-34)39(36,37)19-8-6-17(2)7-9-19)20-10-11-21-25-22(13-15-29(20,21)3)30(4)14-12-18(35)16-23(30)26-27(25)38-26/h6-9,16,20-22,24-27H,5,10-15H2,1-4H3/t20-,21+,22+,24?,25+,26-,27+,29-,30-/m1/s1. The number of ketones is 1. The van der Waals surface area contributed by atoms with Gasteiger partial charge in [0.05, 0.1) is 17.0 Å². The average molecular weight is 551 g/mol. The van der Waals surface area contributed by atoms with Gasteiger partial charge in [-0.1, -0.05) is 43.6 Å². The fourth-order valence-electron chi connectivity index (χ4n) is 9.50. The lowest BCUT2D eigenvalue weighted by Crippen LogP contribution is -2.54. The van der Waals surface area contributed by atoms with Crippen molar-refractivity contribution in [2.24, 2.45) is 34.5 Å². The molecule has 9 heteroatoms. The highest BCUT2D eigenvalue weighted by atomic mass is 32.2. The van der Waals surface area contributed by atoms with Gasteiger partial charge in [-0.15, -0.1) is 0 Å². The van der Waals surface area contributed by atoms with E-state index in [0.717, 1.165) is 44.1 Å². The van der Waals surface area contributed by atoms with Crippen LogP contribution >= 0.6 is 0 Å². The number of hydrogen-bond donors (Lipinski definition) is 0. The Labute approximate surface area is 230 Å². The monoisotopic (exact) mass is 550 g/mol. The number of carbonyl (C=O) groups is 1. The number of nitrogens with zero attached hydrogens (tertiary/aromatic N) is 4. The Kier molecular flexibility index (Phi) is 5.61. The van der Waals surface area contributed by atoms with E-state index in [2.05, 4.69) is 36.3 Å². The zero-order valence-corrected chi connectivity index (χ0v) is 24.0. The summed E-state index contributed by atoms with van der Waals surface area (Å²) in [6, 6.07) is 6.78. The number of benzene rings is 1. The number of hydrogen-bond acceptors (Lipinski definition) is 7. The Hall–Kier alpha value is -2.39. The van der Waals surface area contributed by atoms with E-state index in [1.807, 2.05) is 13.0 Å². The Bertz CT molecular complexity index is 1470. The van der Waals surface area contributed by atoms with Crippen molar-refractivity contribution in [1.29, 1.82) is 0 Å². The van der Waals surface area contributed by atoms with Gasteiger partial charge >= 0.3 is 0 Å². The molecular weight excluding hydrogens is 512 g/mol. The van der Waals surface area contributed by atoms with Crippen molar-refractivity contribution in [3.63, 3.8) is 0 Å². The fraction of sp³-hybridized carbons (Fsp3) is 0.667. The molecule has 0 amide bonds. The number of carbonyl (C=O) groups excluding carboxylic acids is 1. The van der Waals surface area contributed by atoms with Gasteiger partial charge < -0.3 is 4.74 Å². The van der Waals surface area contributed by atoms with Crippen LogP contribution in [-0.4, -0.2) is 46.6 Å². The van der Waals surface area contributed by atoms with E-state index in [1.165, 1.54) is 5.57 Å². The molecule has 1 saturated heterocycles. The van der Waals surface area contributed by atoms with Crippen LogP contribution in [0.1, 0.15) is 77.3 Å². The number of sulfone groups is 1. The van der Waals surface area contributed by atoms with E-state index < -0.39 is 9.84 Å². The van der Waals surface area contributed by atoms with Crippen molar-refractivity contribution in [1.82, 2.24) is 20.2 Å². The lowest BCUT2D eigenvalue weighted by Gasteiger charge is -2.57. The number of rotatable bonds is 5. The first-order valence-corrected chi connectivity index (χ1v) is 16.1. The highest BCUT2D eigenvalue weighted by Gasteiger charge is 2.69. The van der Waals surface area contributed by atoms with Crippen LogP contribution in [0.4, 0.5) is 0 Å². The minimum Gasteiger partial charge on any atom is -0.365 e. The summed E-state index contributed by atoms with van der Waals surface area (Å²) in [5.41, 5.74) is 2.36. The lowest BCUT2D eigenvalue weighted by atomic mass is 9.46. The molecule has 0 spiro atoms. The molecule has 8 nitrogen and oxygen atoms in total. The minimum atomic E-state index is -3.85. The van der Waals surface area contributed by atoms with Crippen LogP contribution in [0.2, 0.25) is 0 Å². The Balaban J connectivity index is 1.22. The molecule has 2 heterocycles. The maximum Gasteiger partial charge on any atom is 0.272 e. The predicted molar refractivity (Wildman–Crippen MR) is 143 cm³/mol. The third-order valence-electron chi connectivity index (χ3n) is 11.5. The summed E-state index contributed by atoms with van der Waals surface area (Å²) < 4.78 is 35.3. The van der Waals surface area contributed by atoms with E-state index in [9.17, 15) is 13.2 Å². The Morgan fingerprint density at radius 1 is 1.10 bits per heavy atom. The maximum atomic E-state index is 13.6. The Morgan fingerprint density at radius 2 is 1.87 bits per heavy atom. The third-order valence-corrected chi connectivity index (χ3v) is 13.2. The first-order chi connectivity index (χ1) is 18.6. The molecule has 5 aliphatic rings. The van der Waals surface area contributed by atoms with Crippen molar-refractivity contribution in [3.8, 4) is 0 Å². The summed E-state index contributed by atoms with van der Waals surface area (Å²) in [4.78, 5) is 12.5. The molecule has 9 atom stereocenters. The first-order valence-electron chi connectivity index (χ1n) is 14.6. The molecule has 0 bridgehead atoms. The molecule has 0 N–H and O–H groups in total. The molecular formula is C30H38N4O4S.